The zero-order valence-electron chi connectivity index (χ0n) is 30.8. The summed E-state index contributed by atoms with van der Waals surface area (Å²) in [5, 5.41) is 11.0. The monoisotopic (exact) mass is 670 g/mol. The quantitative estimate of drug-likeness (QED) is 0.0404. The standard InChI is InChI=1S/C42H71NO5/c1-3-5-7-9-11-12-13-14-15-16-17-18-19-20-21-22-24-29-33-37-42(47)48-39(34-30-26-23-10-8-6-4-2)35-31-27-25-28-32-36-40(44)43-38-41(45)46/h5,7,11-12,14-15,17-18,20-21,39H,3-4,6,8-10,13,16,19,22-38H2,1-2H3,(H,43,44)(H,45,46)/b7-5-,12-11-,15-14-,18-17-,21-20-. The Bertz CT molecular complexity index is 917. The highest BCUT2D eigenvalue weighted by molar-refractivity contribution is 5.80. The van der Waals surface area contributed by atoms with Crippen molar-refractivity contribution in [1.29, 1.82) is 0 Å². The number of hydrogen-bond donors (Lipinski definition) is 2. The summed E-state index contributed by atoms with van der Waals surface area (Å²) < 4.78 is 5.97. The van der Waals surface area contributed by atoms with E-state index in [0.717, 1.165) is 109 Å². The largest absolute Gasteiger partial charge is 0.480 e. The highest BCUT2D eigenvalue weighted by Gasteiger charge is 2.14. The number of nitrogens with one attached hydrogen (secondary N) is 1. The van der Waals surface area contributed by atoms with Crippen LogP contribution in [-0.4, -0.2) is 35.6 Å². The third kappa shape index (κ3) is 36.0. The molecule has 0 rings (SSSR count). The van der Waals surface area contributed by atoms with Crippen LogP contribution >= 0.6 is 0 Å². The number of amides is 1. The Morgan fingerprint density at radius 1 is 0.562 bits per heavy atom. The maximum absolute atomic E-state index is 12.6. The third-order valence-corrected chi connectivity index (χ3v) is 8.20. The summed E-state index contributed by atoms with van der Waals surface area (Å²) in [7, 11) is 0. The van der Waals surface area contributed by atoms with Crippen LogP contribution in [0.2, 0.25) is 0 Å². The van der Waals surface area contributed by atoms with Crippen molar-refractivity contribution in [3.63, 3.8) is 0 Å². The van der Waals surface area contributed by atoms with Crippen molar-refractivity contribution < 1.29 is 24.2 Å². The number of esters is 1. The Morgan fingerprint density at radius 2 is 1.02 bits per heavy atom. The van der Waals surface area contributed by atoms with Gasteiger partial charge in [0.05, 0.1) is 0 Å². The average Bonchev–Trinajstić information content (AvgIpc) is 3.07. The van der Waals surface area contributed by atoms with E-state index in [1.165, 1.54) is 38.5 Å². The van der Waals surface area contributed by atoms with E-state index in [1.54, 1.807) is 0 Å². The number of aliphatic carboxylic acids is 1. The van der Waals surface area contributed by atoms with Crippen LogP contribution in [0.1, 0.15) is 174 Å². The Kier molecular flexibility index (Phi) is 34.7. The van der Waals surface area contributed by atoms with Gasteiger partial charge in [-0.15, -0.1) is 0 Å². The molecular formula is C42H71NO5. The number of rotatable bonds is 34. The maximum Gasteiger partial charge on any atom is 0.322 e. The molecule has 6 heteroatoms. The van der Waals surface area contributed by atoms with Crippen LogP contribution < -0.4 is 5.32 Å². The molecule has 0 heterocycles. The van der Waals surface area contributed by atoms with Crippen LogP contribution in [0, 0.1) is 0 Å². The molecule has 0 aromatic rings. The third-order valence-electron chi connectivity index (χ3n) is 8.20. The van der Waals surface area contributed by atoms with Gasteiger partial charge in [-0.25, -0.2) is 0 Å². The van der Waals surface area contributed by atoms with Crippen molar-refractivity contribution in [2.45, 2.75) is 180 Å². The summed E-state index contributed by atoms with van der Waals surface area (Å²) in [4.78, 5) is 34.8. The highest BCUT2D eigenvalue weighted by atomic mass is 16.5. The molecule has 0 saturated carbocycles. The summed E-state index contributed by atoms with van der Waals surface area (Å²) in [5.74, 6) is -1.27. The molecule has 0 spiro atoms. The predicted molar refractivity (Wildman–Crippen MR) is 203 cm³/mol. The molecule has 0 aliphatic carbocycles. The topological polar surface area (TPSA) is 92.7 Å². The molecule has 2 N–H and O–H groups in total. The lowest BCUT2D eigenvalue weighted by molar-refractivity contribution is -0.150. The maximum atomic E-state index is 12.6. The highest BCUT2D eigenvalue weighted by Crippen LogP contribution is 2.18. The molecule has 6 nitrogen and oxygen atoms in total. The fourth-order valence-corrected chi connectivity index (χ4v) is 5.36. The van der Waals surface area contributed by atoms with Crippen LogP contribution in [0.25, 0.3) is 0 Å². The number of carbonyl (C=O) groups is 3. The van der Waals surface area contributed by atoms with Gasteiger partial charge in [0, 0.05) is 12.8 Å². The number of unbranched alkanes of at least 4 members (excludes halogenated alkanes) is 13. The molecule has 274 valence electrons. The Hall–Kier alpha value is -2.89. The van der Waals surface area contributed by atoms with Crippen LogP contribution in [0.5, 0.6) is 0 Å². The van der Waals surface area contributed by atoms with Gasteiger partial charge in [0.25, 0.3) is 0 Å². The first kappa shape index (κ1) is 45.1. The van der Waals surface area contributed by atoms with Crippen molar-refractivity contribution >= 4 is 17.8 Å². The van der Waals surface area contributed by atoms with Crippen molar-refractivity contribution in [2.24, 2.45) is 0 Å². The van der Waals surface area contributed by atoms with Gasteiger partial charge in [0.15, 0.2) is 0 Å². The summed E-state index contributed by atoms with van der Waals surface area (Å²) in [6.45, 7) is 4.08. The number of carbonyl (C=O) groups excluding carboxylic acids is 2. The Labute approximate surface area is 294 Å². The van der Waals surface area contributed by atoms with E-state index in [2.05, 4.69) is 79.9 Å². The molecule has 0 aromatic carbocycles. The van der Waals surface area contributed by atoms with E-state index in [9.17, 15) is 14.4 Å². The molecule has 0 fully saturated rings. The van der Waals surface area contributed by atoms with Crippen LogP contribution in [0.4, 0.5) is 0 Å². The Morgan fingerprint density at radius 3 is 1.56 bits per heavy atom. The molecule has 0 aromatic heterocycles. The van der Waals surface area contributed by atoms with Gasteiger partial charge in [-0.1, -0.05) is 139 Å². The first-order valence-corrected chi connectivity index (χ1v) is 19.4. The lowest BCUT2D eigenvalue weighted by Crippen LogP contribution is -2.28. The summed E-state index contributed by atoms with van der Waals surface area (Å²) in [5.41, 5.74) is 0. The van der Waals surface area contributed by atoms with E-state index in [0.29, 0.717) is 12.8 Å². The van der Waals surface area contributed by atoms with E-state index in [1.807, 2.05) is 0 Å². The lowest BCUT2D eigenvalue weighted by Gasteiger charge is -2.18. The first-order chi connectivity index (χ1) is 23.5. The van der Waals surface area contributed by atoms with E-state index in [-0.39, 0.29) is 24.5 Å². The minimum Gasteiger partial charge on any atom is -0.480 e. The molecule has 0 aliphatic rings. The zero-order chi connectivity index (χ0) is 35.2. The smallest absolute Gasteiger partial charge is 0.322 e. The second kappa shape index (κ2) is 36.9. The molecule has 48 heavy (non-hydrogen) atoms. The fourth-order valence-electron chi connectivity index (χ4n) is 5.36. The first-order valence-electron chi connectivity index (χ1n) is 19.4. The summed E-state index contributed by atoms with van der Waals surface area (Å²) in [6, 6.07) is 0. The van der Waals surface area contributed by atoms with E-state index in [4.69, 9.17) is 9.84 Å². The number of hydrogen-bond acceptors (Lipinski definition) is 4. The van der Waals surface area contributed by atoms with Gasteiger partial charge in [-0.3, -0.25) is 14.4 Å². The van der Waals surface area contributed by atoms with Crippen LogP contribution in [0.3, 0.4) is 0 Å². The molecule has 0 aliphatic heterocycles. The van der Waals surface area contributed by atoms with Gasteiger partial charge in [0.2, 0.25) is 5.91 Å². The molecular weight excluding hydrogens is 598 g/mol. The second-order valence-electron chi connectivity index (χ2n) is 12.8. The van der Waals surface area contributed by atoms with Gasteiger partial charge in [0.1, 0.15) is 12.6 Å². The number of allylic oxidation sites excluding steroid dienone is 10. The molecule has 0 saturated heterocycles. The minimum atomic E-state index is -1.02. The van der Waals surface area contributed by atoms with E-state index < -0.39 is 5.97 Å². The zero-order valence-corrected chi connectivity index (χ0v) is 30.8. The van der Waals surface area contributed by atoms with Crippen molar-refractivity contribution in [3.05, 3.63) is 60.8 Å². The predicted octanol–water partition coefficient (Wildman–Crippen LogP) is 11.7. The SMILES string of the molecule is CC/C=C\C/C=C\C/C=C\C/C=C\C/C=C\CCCCCC(=O)OC(CCCCCCCCC)CCCCCCCC(=O)NCC(=O)O. The summed E-state index contributed by atoms with van der Waals surface area (Å²) in [6.07, 6.45) is 47.7. The Balaban J connectivity index is 4.12. The van der Waals surface area contributed by atoms with E-state index >= 15 is 0 Å². The summed E-state index contributed by atoms with van der Waals surface area (Å²) >= 11 is 0. The van der Waals surface area contributed by atoms with Gasteiger partial charge in [-0.05, 0) is 83.5 Å². The number of carboxylic acid groups (broad SMARTS) is 1. The normalized spacial score (nSPS) is 12.7. The minimum absolute atomic E-state index is 0.0104. The van der Waals surface area contributed by atoms with Gasteiger partial charge in [-0.2, -0.15) is 0 Å². The molecule has 1 atom stereocenters. The average molecular weight is 670 g/mol. The van der Waals surface area contributed by atoms with Gasteiger partial charge < -0.3 is 15.2 Å². The number of carboxylic acids is 1. The molecule has 1 amide bonds. The molecule has 0 radical (unpaired) electrons. The van der Waals surface area contributed by atoms with Crippen molar-refractivity contribution in [3.8, 4) is 0 Å². The second-order valence-corrected chi connectivity index (χ2v) is 12.8. The fraction of sp³-hybridized carbons (Fsp3) is 0.690. The van der Waals surface area contributed by atoms with Gasteiger partial charge >= 0.3 is 11.9 Å². The van der Waals surface area contributed by atoms with Crippen molar-refractivity contribution in [2.75, 3.05) is 6.54 Å². The van der Waals surface area contributed by atoms with Crippen LogP contribution in [-0.2, 0) is 19.1 Å². The van der Waals surface area contributed by atoms with Crippen molar-refractivity contribution in [1.82, 2.24) is 5.32 Å². The molecule has 1 unspecified atom stereocenters. The van der Waals surface area contributed by atoms with Crippen LogP contribution in [0.15, 0.2) is 60.8 Å². The number of ether oxygens (including phenoxy) is 1. The molecule has 0 bridgehead atoms. The lowest BCUT2D eigenvalue weighted by atomic mass is 10.0.